The molecule has 2 rings (SSSR count). The third-order valence-corrected chi connectivity index (χ3v) is 3.57. The van der Waals surface area contributed by atoms with E-state index < -0.39 is 0 Å². The fourth-order valence-electron chi connectivity index (χ4n) is 2.04. The second-order valence-electron chi connectivity index (χ2n) is 4.31. The number of nitrogens with one attached hydrogen (secondary N) is 1. The zero-order valence-electron chi connectivity index (χ0n) is 11.0. The van der Waals surface area contributed by atoms with E-state index >= 15 is 0 Å². The summed E-state index contributed by atoms with van der Waals surface area (Å²) in [6.45, 7) is 4.93. The van der Waals surface area contributed by atoms with Crippen molar-refractivity contribution in [3.05, 3.63) is 57.5 Å². The highest BCUT2D eigenvalue weighted by molar-refractivity contribution is 6.33. The van der Waals surface area contributed by atoms with Crippen molar-refractivity contribution in [1.29, 1.82) is 0 Å². The Morgan fingerprint density at radius 2 is 1.95 bits per heavy atom. The van der Waals surface area contributed by atoms with Gasteiger partial charge in [0.15, 0.2) is 0 Å². The lowest BCUT2D eigenvalue weighted by atomic mass is 10.0. The Hall–Kier alpha value is -0.960. The van der Waals surface area contributed by atoms with Crippen LogP contribution in [0.1, 0.15) is 37.0 Å². The van der Waals surface area contributed by atoms with Crippen molar-refractivity contribution in [3.63, 3.8) is 0 Å². The molecule has 2 aromatic rings. The van der Waals surface area contributed by atoms with Gasteiger partial charge in [0, 0.05) is 16.5 Å². The van der Waals surface area contributed by atoms with E-state index in [4.69, 9.17) is 27.6 Å². The third-order valence-electron chi connectivity index (χ3n) is 2.99. The van der Waals surface area contributed by atoms with Crippen LogP contribution in [0.25, 0.3) is 0 Å². The molecular formula is C15H17Cl2NO. The fraction of sp³-hybridized carbons (Fsp3) is 0.333. The highest BCUT2D eigenvalue weighted by atomic mass is 35.5. The molecule has 0 saturated heterocycles. The van der Waals surface area contributed by atoms with Crippen molar-refractivity contribution in [3.8, 4) is 0 Å². The van der Waals surface area contributed by atoms with Crippen molar-refractivity contribution in [2.75, 3.05) is 6.54 Å². The van der Waals surface area contributed by atoms with Gasteiger partial charge in [-0.25, -0.2) is 0 Å². The van der Waals surface area contributed by atoms with Crippen LogP contribution in [0, 0.1) is 0 Å². The minimum absolute atomic E-state index is 0.0727. The molecule has 19 heavy (non-hydrogen) atoms. The average Bonchev–Trinajstić information content (AvgIpc) is 2.88. The van der Waals surface area contributed by atoms with Crippen LogP contribution >= 0.6 is 23.2 Å². The molecule has 0 saturated carbocycles. The van der Waals surface area contributed by atoms with Gasteiger partial charge in [-0.1, -0.05) is 37.0 Å². The number of halogens is 2. The first-order valence-corrected chi connectivity index (χ1v) is 7.18. The van der Waals surface area contributed by atoms with Gasteiger partial charge < -0.3 is 9.73 Å². The summed E-state index contributed by atoms with van der Waals surface area (Å²) < 4.78 is 5.83. The van der Waals surface area contributed by atoms with Gasteiger partial charge in [-0.05, 0) is 42.4 Å². The maximum Gasteiger partial charge on any atom is 0.125 e. The minimum atomic E-state index is -0.0727. The van der Waals surface area contributed by atoms with Gasteiger partial charge in [0.25, 0.3) is 0 Å². The van der Waals surface area contributed by atoms with E-state index in [0.717, 1.165) is 30.0 Å². The van der Waals surface area contributed by atoms with Crippen LogP contribution in [0.2, 0.25) is 10.0 Å². The molecule has 1 aromatic heterocycles. The predicted molar refractivity (Wildman–Crippen MR) is 80.1 cm³/mol. The Kier molecular flexibility index (Phi) is 4.92. The smallest absolute Gasteiger partial charge is 0.125 e. The van der Waals surface area contributed by atoms with Crippen LogP contribution in [0.15, 0.2) is 34.7 Å². The summed E-state index contributed by atoms with van der Waals surface area (Å²) in [5.74, 6) is 1.83. The van der Waals surface area contributed by atoms with Crippen molar-refractivity contribution < 1.29 is 4.42 Å². The summed E-state index contributed by atoms with van der Waals surface area (Å²) in [5.41, 5.74) is 0.938. The summed E-state index contributed by atoms with van der Waals surface area (Å²) in [6, 6.07) is 9.40. The maximum atomic E-state index is 6.28. The second-order valence-corrected chi connectivity index (χ2v) is 5.16. The quantitative estimate of drug-likeness (QED) is 0.853. The molecule has 4 heteroatoms. The molecule has 0 spiro atoms. The minimum Gasteiger partial charge on any atom is -0.464 e. The Bertz CT molecular complexity index is 551. The van der Waals surface area contributed by atoms with Crippen molar-refractivity contribution in [2.45, 2.75) is 26.3 Å². The first-order chi connectivity index (χ1) is 9.15. The number of furan rings is 1. The molecule has 0 amide bonds. The third kappa shape index (κ3) is 3.33. The van der Waals surface area contributed by atoms with E-state index in [0.29, 0.717) is 10.0 Å². The van der Waals surface area contributed by atoms with Crippen molar-refractivity contribution in [2.24, 2.45) is 0 Å². The van der Waals surface area contributed by atoms with Crippen molar-refractivity contribution in [1.82, 2.24) is 5.32 Å². The number of aryl methyl sites for hydroxylation is 1. The molecule has 0 radical (unpaired) electrons. The highest BCUT2D eigenvalue weighted by Gasteiger charge is 2.19. The second kappa shape index (κ2) is 6.47. The van der Waals surface area contributed by atoms with E-state index in [2.05, 4.69) is 19.2 Å². The van der Waals surface area contributed by atoms with Crippen molar-refractivity contribution >= 4 is 23.2 Å². The lowest BCUT2D eigenvalue weighted by Gasteiger charge is -2.17. The molecule has 1 atom stereocenters. The molecule has 0 aliphatic carbocycles. The van der Waals surface area contributed by atoms with Crippen LogP contribution in [0.5, 0.6) is 0 Å². The maximum absolute atomic E-state index is 6.28. The van der Waals surface area contributed by atoms with E-state index in [1.54, 1.807) is 6.07 Å². The summed E-state index contributed by atoms with van der Waals surface area (Å²) in [4.78, 5) is 0. The molecule has 2 nitrogen and oxygen atoms in total. The first-order valence-electron chi connectivity index (χ1n) is 6.42. The molecule has 0 aliphatic rings. The number of rotatable bonds is 5. The van der Waals surface area contributed by atoms with Crippen LogP contribution < -0.4 is 5.32 Å². The molecule has 1 unspecified atom stereocenters. The van der Waals surface area contributed by atoms with Crippen LogP contribution in [0.4, 0.5) is 0 Å². The zero-order chi connectivity index (χ0) is 13.8. The zero-order valence-corrected chi connectivity index (χ0v) is 12.6. The molecule has 0 bridgehead atoms. The number of hydrogen-bond acceptors (Lipinski definition) is 2. The lowest BCUT2D eigenvalue weighted by Crippen LogP contribution is -2.21. The lowest BCUT2D eigenvalue weighted by molar-refractivity contribution is 0.426. The monoisotopic (exact) mass is 297 g/mol. The summed E-state index contributed by atoms with van der Waals surface area (Å²) in [6.07, 6.45) is 0.877. The van der Waals surface area contributed by atoms with Gasteiger partial charge in [0.05, 0.1) is 6.04 Å². The Labute approximate surface area is 123 Å². The SMILES string of the molecule is CCNC(c1ccc(CC)o1)c1cc(Cl)ccc1Cl. The van der Waals surface area contributed by atoms with E-state index in [1.165, 1.54) is 0 Å². The molecular weight excluding hydrogens is 281 g/mol. The van der Waals surface area contributed by atoms with Gasteiger partial charge in [0.2, 0.25) is 0 Å². The van der Waals surface area contributed by atoms with Gasteiger partial charge in [-0.2, -0.15) is 0 Å². The standard InChI is InChI=1S/C15H17Cl2NO/c1-3-11-6-8-14(19-11)15(18-4-2)12-9-10(16)5-7-13(12)17/h5-9,15,18H,3-4H2,1-2H3. The summed E-state index contributed by atoms with van der Waals surface area (Å²) in [7, 11) is 0. The first kappa shape index (κ1) is 14.4. The van der Waals surface area contributed by atoms with Gasteiger partial charge in [-0.15, -0.1) is 0 Å². The number of benzene rings is 1. The predicted octanol–water partition coefficient (Wildman–Crippen LogP) is 4.85. The van der Waals surface area contributed by atoms with Crippen LogP contribution in [0.3, 0.4) is 0 Å². The number of hydrogen-bond donors (Lipinski definition) is 1. The van der Waals surface area contributed by atoms with E-state index in [9.17, 15) is 0 Å². The molecule has 102 valence electrons. The normalized spacial score (nSPS) is 12.6. The Balaban J connectivity index is 2.41. The van der Waals surface area contributed by atoms with Gasteiger partial charge >= 0.3 is 0 Å². The topological polar surface area (TPSA) is 25.2 Å². The summed E-state index contributed by atoms with van der Waals surface area (Å²) >= 11 is 12.3. The Morgan fingerprint density at radius 3 is 2.58 bits per heavy atom. The fourth-order valence-corrected chi connectivity index (χ4v) is 2.45. The Morgan fingerprint density at radius 1 is 1.16 bits per heavy atom. The van der Waals surface area contributed by atoms with Gasteiger partial charge in [-0.3, -0.25) is 0 Å². The largest absolute Gasteiger partial charge is 0.464 e. The van der Waals surface area contributed by atoms with Crippen LogP contribution in [-0.4, -0.2) is 6.54 Å². The molecule has 0 aliphatic heterocycles. The molecule has 1 N–H and O–H groups in total. The van der Waals surface area contributed by atoms with Crippen LogP contribution in [-0.2, 0) is 6.42 Å². The van der Waals surface area contributed by atoms with E-state index in [-0.39, 0.29) is 6.04 Å². The molecule has 0 fully saturated rings. The molecule has 1 aromatic carbocycles. The van der Waals surface area contributed by atoms with Gasteiger partial charge in [0.1, 0.15) is 11.5 Å². The van der Waals surface area contributed by atoms with E-state index in [1.807, 2.05) is 24.3 Å². The average molecular weight is 298 g/mol. The molecule has 1 heterocycles. The highest BCUT2D eigenvalue weighted by Crippen LogP contribution is 2.31. The summed E-state index contributed by atoms with van der Waals surface area (Å²) in [5, 5.41) is 4.74.